The molecule has 0 aliphatic carbocycles. The van der Waals surface area contributed by atoms with Crippen LogP contribution in [0.5, 0.6) is 5.75 Å². The number of anilines is 1. The third-order valence-corrected chi connectivity index (χ3v) is 5.44. The smallest absolute Gasteiger partial charge is 0.272 e. The van der Waals surface area contributed by atoms with E-state index < -0.39 is 0 Å². The lowest BCUT2D eigenvalue weighted by atomic mass is 10.2. The average Bonchev–Trinajstić information content (AvgIpc) is 3.25. The number of aromatic nitrogens is 1. The number of fused-ring (bicyclic) bond motifs is 1. The standard InChI is InChI=1S/C21H17ClN2O2S/c1-26-19-8-7-15(22)11-16(19)23-21(25)18-12-20-17(9-10-27-20)24(18)13-14-5-3-2-4-6-14/h2-12H,13H2,1H3,(H,23,25). The van der Waals surface area contributed by atoms with Crippen molar-refractivity contribution in [2.45, 2.75) is 6.54 Å². The predicted octanol–water partition coefficient (Wildman–Crippen LogP) is 5.67. The van der Waals surface area contributed by atoms with E-state index in [0.29, 0.717) is 28.7 Å². The van der Waals surface area contributed by atoms with Crippen LogP contribution in [0.1, 0.15) is 16.1 Å². The highest BCUT2D eigenvalue weighted by Crippen LogP contribution is 2.30. The Bertz CT molecular complexity index is 1100. The number of amides is 1. The fraction of sp³-hybridized carbons (Fsp3) is 0.0952. The molecule has 2 aromatic carbocycles. The maximum Gasteiger partial charge on any atom is 0.272 e. The minimum Gasteiger partial charge on any atom is -0.495 e. The zero-order chi connectivity index (χ0) is 18.8. The van der Waals surface area contributed by atoms with Crippen LogP contribution in [-0.2, 0) is 6.54 Å². The van der Waals surface area contributed by atoms with Gasteiger partial charge in [0, 0.05) is 11.6 Å². The summed E-state index contributed by atoms with van der Waals surface area (Å²) >= 11 is 7.70. The number of carbonyl (C=O) groups excluding carboxylic acids is 1. The van der Waals surface area contributed by atoms with Gasteiger partial charge in [-0.05, 0) is 41.3 Å². The van der Waals surface area contributed by atoms with E-state index in [0.717, 1.165) is 15.8 Å². The number of methoxy groups -OCH3 is 1. The molecule has 0 aliphatic heterocycles. The van der Waals surface area contributed by atoms with Crippen molar-refractivity contribution in [2.75, 3.05) is 12.4 Å². The molecule has 4 nitrogen and oxygen atoms in total. The van der Waals surface area contributed by atoms with Gasteiger partial charge in [0.1, 0.15) is 11.4 Å². The summed E-state index contributed by atoms with van der Waals surface area (Å²) < 4.78 is 8.44. The Morgan fingerprint density at radius 1 is 1.15 bits per heavy atom. The average molecular weight is 397 g/mol. The number of rotatable bonds is 5. The fourth-order valence-electron chi connectivity index (χ4n) is 3.07. The molecule has 0 aliphatic rings. The van der Waals surface area contributed by atoms with E-state index in [2.05, 4.69) is 17.4 Å². The third kappa shape index (κ3) is 3.56. The number of halogens is 1. The Morgan fingerprint density at radius 3 is 2.74 bits per heavy atom. The molecule has 0 saturated carbocycles. The number of hydrogen-bond donors (Lipinski definition) is 1. The maximum absolute atomic E-state index is 13.0. The van der Waals surface area contributed by atoms with Crippen LogP contribution in [0.4, 0.5) is 5.69 Å². The van der Waals surface area contributed by atoms with E-state index in [9.17, 15) is 4.79 Å². The van der Waals surface area contributed by atoms with Crippen LogP contribution in [-0.4, -0.2) is 17.6 Å². The van der Waals surface area contributed by atoms with Gasteiger partial charge in [0.05, 0.1) is 23.0 Å². The lowest BCUT2D eigenvalue weighted by Gasteiger charge is -2.13. The molecule has 27 heavy (non-hydrogen) atoms. The SMILES string of the molecule is COc1ccc(Cl)cc1NC(=O)c1cc2sccc2n1Cc1ccccc1. The molecule has 4 rings (SSSR count). The van der Waals surface area contributed by atoms with Gasteiger partial charge in [-0.15, -0.1) is 11.3 Å². The van der Waals surface area contributed by atoms with Crippen molar-refractivity contribution in [3.8, 4) is 5.75 Å². The summed E-state index contributed by atoms with van der Waals surface area (Å²) in [6.45, 7) is 0.622. The minimum absolute atomic E-state index is 0.199. The second kappa shape index (κ2) is 7.47. The lowest BCUT2D eigenvalue weighted by Crippen LogP contribution is -2.18. The molecule has 0 bridgehead atoms. The fourth-order valence-corrected chi connectivity index (χ4v) is 4.06. The molecule has 0 unspecified atom stereocenters. The summed E-state index contributed by atoms with van der Waals surface area (Å²) in [6.07, 6.45) is 0. The van der Waals surface area contributed by atoms with Crippen LogP contribution >= 0.6 is 22.9 Å². The van der Waals surface area contributed by atoms with E-state index >= 15 is 0 Å². The molecular weight excluding hydrogens is 380 g/mol. The van der Waals surface area contributed by atoms with E-state index in [1.165, 1.54) is 0 Å². The molecule has 0 radical (unpaired) electrons. The summed E-state index contributed by atoms with van der Waals surface area (Å²) in [5.74, 6) is 0.366. The van der Waals surface area contributed by atoms with Gasteiger partial charge in [-0.2, -0.15) is 0 Å². The summed E-state index contributed by atoms with van der Waals surface area (Å²) in [6, 6.07) is 19.2. The van der Waals surface area contributed by atoms with E-state index in [-0.39, 0.29) is 5.91 Å². The highest BCUT2D eigenvalue weighted by atomic mass is 35.5. The quantitative estimate of drug-likeness (QED) is 0.472. The molecular formula is C21H17ClN2O2S. The Balaban J connectivity index is 1.71. The first-order valence-corrected chi connectivity index (χ1v) is 9.67. The number of carbonyl (C=O) groups is 1. The molecule has 136 valence electrons. The molecule has 4 aromatic rings. The highest BCUT2D eigenvalue weighted by molar-refractivity contribution is 7.17. The number of hydrogen-bond acceptors (Lipinski definition) is 3. The Kier molecular flexibility index (Phi) is 4.88. The van der Waals surface area contributed by atoms with Crippen LogP contribution in [0.3, 0.4) is 0 Å². The maximum atomic E-state index is 13.0. The molecule has 0 fully saturated rings. The summed E-state index contributed by atoms with van der Waals surface area (Å²) in [5, 5.41) is 5.50. The van der Waals surface area contributed by atoms with E-state index in [4.69, 9.17) is 16.3 Å². The van der Waals surface area contributed by atoms with Gasteiger partial charge < -0.3 is 14.6 Å². The highest BCUT2D eigenvalue weighted by Gasteiger charge is 2.18. The molecule has 0 saturated heterocycles. The molecule has 2 heterocycles. The van der Waals surface area contributed by atoms with E-state index in [1.807, 2.05) is 40.3 Å². The van der Waals surface area contributed by atoms with Crippen molar-refractivity contribution in [1.29, 1.82) is 0 Å². The number of benzene rings is 2. The van der Waals surface area contributed by atoms with Gasteiger partial charge in [-0.1, -0.05) is 41.9 Å². The van der Waals surface area contributed by atoms with Crippen molar-refractivity contribution < 1.29 is 9.53 Å². The number of nitrogens with one attached hydrogen (secondary N) is 1. The molecule has 0 spiro atoms. The molecule has 1 amide bonds. The number of thiophene rings is 1. The van der Waals surface area contributed by atoms with Crippen molar-refractivity contribution >= 4 is 44.7 Å². The Morgan fingerprint density at radius 2 is 1.96 bits per heavy atom. The zero-order valence-corrected chi connectivity index (χ0v) is 16.2. The van der Waals surface area contributed by atoms with Gasteiger partial charge in [0.15, 0.2) is 0 Å². The van der Waals surface area contributed by atoms with Gasteiger partial charge >= 0.3 is 0 Å². The van der Waals surface area contributed by atoms with Crippen molar-refractivity contribution in [2.24, 2.45) is 0 Å². The minimum atomic E-state index is -0.199. The van der Waals surface area contributed by atoms with Gasteiger partial charge in [-0.3, -0.25) is 4.79 Å². The first kappa shape index (κ1) is 17.6. The molecule has 2 aromatic heterocycles. The van der Waals surface area contributed by atoms with Crippen LogP contribution < -0.4 is 10.1 Å². The van der Waals surface area contributed by atoms with E-state index in [1.54, 1.807) is 36.6 Å². The largest absolute Gasteiger partial charge is 0.495 e. The monoisotopic (exact) mass is 396 g/mol. The molecule has 0 atom stereocenters. The van der Waals surface area contributed by atoms with Crippen LogP contribution in [0, 0.1) is 0 Å². The Hall–Kier alpha value is -2.76. The van der Waals surface area contributed by atoms with Crippen LogP contribution in [0.25, 0.3) is 10.2 Å². The Labute approximate surface area is 166 Å². The first-order valence-electron chi connectivity index (χ1n) is 8.41. The van der Waals surface area contributed by atoms with Crippen molar-refractivity contribution in [3.05, 3.63) is 82.3 Å². The first-order chi connectivity index (χ1) is 13.2. The lowest BCUT2D eigenvalue weighted by molar-refractivity contribution is 0.101. The topological polar surface area (TPSA) is 43.3 Å². The number of nitrogens with zero attached hydrogens (tertiary/aromatic N) is 1. The van der Waals surface area contributed by atoms with Gasteiger partial charge in [-0.25, -0.2) is 0 Å². The zero-order valence-electron chi connectivity index (χ0n) is 14.6. The summed E-state index contributed by atoms with van der Waals surface area (Å²) in [7, 11) is 1.56. The summed E-state index contributed by atoms with van der Waals surface area (Å²) in [5.41, 5.74) is 3.33. The second-order valence-corrected chi connectivity index (χ2v) is 7.45. The number of ether oxygens (including phenoxy) is 1. The normalized spacial score (nSPS) is 10.9. The van der Waals surface area contributed by atoms with Crippen LogP contribution in [0.15, 0.2) is 66.0 Å². The van der Waals surface area contributed by atoms with Crippen molar-refractivity contribution in [1.82, 2.24) is 4.57 Å². The van der Waals surface area contributed by atoms with Gasteiger partial charge in [0.25, 0.3) is 5.91 Å². The predicted molar refractivity (Wildman–Crippen MR) is 111 cm³/mol. The molecule has 1 N–H and O–H groups in total. The molecule has 6 heteroatoms. The summed E-state index contributed by atoms with van der Waals surface area (Å²) in [4.78, 5) is 13.0. The van der Waals surface area contributed by atoms with Crippen molar-refractivity contribution in [3.63, 3.8) is 0 Å². The van der Waals surface area contributed by atoms with Crippen LogP contribution in [0.2, 0.25) is 5.02 Å². The van der Waals surface area contributed by atoms with Gasteiger partial charge in [0.2, 0.25) is 0 Å². The third-order valence-electron chi connectivity index (χ3n) is 4.35. The second-order valence-electron chi connectivity index (χ2n) is 6.07.